The molecule has 0 unspecified atom stereocenters. The molecule has 1 aromatic rings. The second-order valence-electron chi connectivity index (χ2n) is 13.5. The number of carbonyl (C=O) groups excluding carboxylic acids is 2. The zero-order valence-corrected chi connectivity index (χ0v) is 24.7. The minimum Gasteiger partial charge on any atom is -0.441 e. The Morgan fingerprint density at radius 2 is 1.59 bits per heavy atom. The normalized spacial score (nSPS) is 24.6. The number of nitrogens with zero attached hydrogens (tertiary/aromatic N) is 2. The number of imide groups is 1. The zero-order valence-electron chi connectivity index (χ0n) is 24.7. The first-order chi connectivity index (χ1) is 17.2. The van der Waals surface area contributed by atoms with Crippen molar-refractivity contribution in [2.24, 2.45) is 11.8 Å². The van der Waals surface area contributed by atoms with E-state index < -0.39 is 23.8 Å². The van der Waals surface area contributed by atoms with Gasteiger partial charge < -0.3 is 4.74 Å². The summed E-state index contributed by atoms with van der Waals surface area (Å²) in [6.45, 7) is 19.1. The van der Waals surface area contributed by atoms with E-state index in [1.54, 1.807) is 0 Å². The highest BCUT2D eigenvalue weighted by molar-refractivity contribution is 5.96. The van der Waals surface area contributed by atoms with Gasteiger partial charge in [0.2, 0.25) is 0 Å². The molecule has 0 aromatic heterocycles. The van der Waals surface area contributed by atoms with Gasteiger partial charge in [0.1, 0.15) is 5.60 Å². The molecule has 2 aliphatic rings. The van der Waals surface area contributed by atoms with E-state index in [0.717, 1.165) is 44.1 Å². The maximum atomic E-state index is 14.4. The van der Waals surface area contributed by atoms with E-state index in [4.69, 9.17) is 9.57 Å². The maximum Gasteiger partial charge on any atom is 0.417 e. The van der Waals surface area contributed by atoms with Gasteiger partial charge in [-0.25, -0.2) is 9.69 Å². The second-order valence-corrected chi connectivity index (χ2v) is 13.5. The molecule has 37 heavy (non-hydrogen) atoms. The van der Waals surface area contributed by atoms with Gasteiger partial charge in [0.05, 0.1) is 6.04 Å². The molecule has 3 atom stereocenters. The van der Waals surface area contributed by atoms with Crippen molar-refractivity contribution < 1.29 is 19.2 Å². The standard InChI is InChI=1S/C31H50N2O4/c1-22(2)15-13-16-23(3)26(37-33-29(4,5)19-14-20-30(33,6)7)27(34)32-25(31(8,9)36-28(32)35)21-24-17-11-10-12-18-24/h10-12,17-18,22-23,25-26H,13-16,19-21H2,1-9H3/t23-,25+,26+/m1/s1. The van der Waals surface area contributed by atoms with Crippen molar-refractivity contribution >= 4 is 12.0 Å². The summed E-state index contributed by atoms with van der Waals surface area (Å²) < 4.78 is 5.78. The Kier molecular flexibility index (Phi) is 9.17. The molecule has 0 saturated carbocycles. The topological polar surface area (TPSA) is 59.1 Å². The monoisotopic (exact) mass is 514 g/mol. The fourth-order valence-electron chi connectivity index (χ4n) is 6.10. The largest absolute Gasteiger partial charge is 0.441 e. The predicted octanol–water partition coefficient (Wildman–Crippen LogP) is 7.16. The Morgan fingerprint density at radius 3 is 2.16 bits per heavy atom. The lowest BCUT2D eigenvalue weighted by Crippen LogP contribution is -2.62. The zero-order chi connectivity index (χ0) is 27.6. The molecule has 2 aliphatic heterocycles. The summed E-state index contributed by atoms with van der Waals surface area (Å²) in [7, 11) is 0. The van der Waals surface area contributed by atoms with Crippen molar-refractivity contribution in [1.82, 2.24) is 9.96 Å². The highest BCUT2D eigenvalue weighted by Gasteiger charge is 2.54. The van der Waals surface area contributed by atoms with E-state index in [1.165, 1.54) is 4.90 Å². The van der Waals surface area contributed by atoms with Gasteiger partial charge in [-0.3, -0.25) is 9.63 Å². The number of cyclic esters (lactones) is 1. The van der Waals surface area contributed by atoms with Crippen LogP contribution >= 0.6 is 0 Å². The number of carbonyl (C=O) groups is 2. The number of hydroxylamine groups is 2. The van der Waals surface area contributed by atoms with Crippen LogP contribution in [0.3, 0.4) is 0 Å². The van der Waals surface area contributed by atoms with E-state index in [9.17, 15) is 9.59 Å². The lowest BCUT2D eigenvalue weighted by molar-refractivity contribution is -0.307. The molecular weight excluding hydrogens is 464 g/mol. The van der Waals surface area contributed by atoms with Crippen LogP contribution < -0.4 is 0 Å². The van der Waals surface area contributed by atoms with Crippen molar-refractivity contribution in [2.45, 2.75) is 136 Å². The van der Waals surface area contributed by atoms with Gasteiger partial charge >= 0.3 is 6.09 Å². The van der Waals surface area contributed by atoms with Gasteiger partial charge in [-0.15, -0.1) is 0 Å². The van der Waals surface area contributed by atoms with Gasteiger partial charge in [-0.1, -0.05) is 63.9 Å². The molecular formula is C31H50N2O4. The number of piperidine rings is 1. The lowest BCUT2D eigenvalue weighted by atomic mass is 9.82. The number of rotatable bonds is 10. The summed E-state index contributed by atoms with van der Waals surface area (Å²) in [6.07, 6.45) is 5.29. The van der Waals surface area contributed by atoms with E-state index in [0.29, 0.717) is 12.3 Å². The van der Waals surface area contributed by atoms with Gasteiger partial charge in [0, 0.05) is 11.1 Å². The summed E-state index contributed by atoms with van der Waals surface area (Å²) in [5.74, 6) is 0.270. The molecule has 0 aliphatic carbocycles. The average Bonchev–Trinajstić information content (AvgIpc) is 3.00. The van der Waals surface area contributed by atoms with Crippen molar-refractivity contribution in [1.29, 1.82) is 0 Å². The summed E-state index contributed by atoms with van der Waals surface area (Å²) in [5.41, 5.74) is -0.159. The molecule has 2 amide bonds. The Balaban J connectivity index is 1.94. The van der Waals surface area contributed by atoms with Crippen molar-refractivity contribution in [2.75, 3.05) is 0 Å². The Morgan fingerprint density at radius 1 is 1.00 bits per heavy atom. The van der Waals surface area contributed by atoms with Gasteiger partial charge in [0.15, 0.2) is 6.10 Å². The second kappa shape index (κ2) is 11.4. The van der Waals surface area contributed by atoms with Crippen LogP contribution in [0.5, 0.6) is 0 Å². The molecule has 1 aromatic carbocycles. The third-order valence-corrected chi connectivity index (χ3v) is 8.27. The number of hydrogen-bond donors (Lipinski definition) is 0. The minimum atomic E-state index is -0.794. The van der Waals surface area contributed by atoms with E-state index >= 15 is 0 Å². The van der Waals surface area contributed by atoms with Crippen LogP contribution in [-0.4, -0.2) is 50.8 Å². The Hall–Kier alpha value is -1.92. The molecule has 2 fully saturated rings. The minimum absolute atomic E-state index is 0.0475. The Labute approximate surface area is 225 Å². The molecule has 0 spiro atoms. The summed E-state index contributed by atoms with van der Waals surface area (Å²) >= 11 is 0. The van der Waals surface area contributed by atoms with Crippen LogP contribution in [0.15, 0.2) is 30.3 Å². The first-order valence-corrected chi connectivity index (χ1v) is 14.2. The van der Waals surface area contributed by atoms with Crippen LogP contribution in [-0.2, 0) is 20.8 Å². The number of benzene rings is 1. The first-order valence-electron chi connectivity index (χ1n) is 14.2. The molecule has 2 heterocycles. The van der Waals surface area contributed by atoms with Gasteiger partial charge in [-0.05, 0) is 91.0 Å². The molecule has 208 valence electrons. The van der Waals surface area contributed by atoms with Gasteiger partial charge in [0.25, 0.3) is 5.91 Å². The van der Waals surface area contributed by atoms with Crippen LogP contribution in [0.1, 0.15) is 106 Å². The summed E-state index contributed by atoms with van der Waals surface area (Å²) in [6, 6.07) is 9.58. The van der Waals surface area contributed by atoms with Crippen molar-refractivity contribution in [3.8, 4) is 0 Å². The Bertz CT molecular complexity index is 908. The quantitative estimate of drug-likeness (QED) is 0.331. The van der Waals surface area contributed by atoms with Crippen LogP contribution in [0.4, 0.5) is 4.79 Å². The summed E-state index contributed by atoms with van der Waals surface area (Å²) in [4.78, 5) is 35.7. The third-order valence-electron chi connectivity index (χ3n) is 8.27. The number of amides is 2. The van der Waals surface area contributed by atoms with Crippen LogP contribution in [0.2, 0.25) is 0 Å². The highest BCUT2D eigenvalue weighted by atomic mass is 16.7. The number of hydrogen-bond acceptors (Lipinski definition) is 5. The fraction of sp³-hybridized carbons (Fsp3) is 0.742. The maximum absolute atomic E-state index is 14.4. The van der Waals surface area contributed by atoms with Crippen LogP contribution in [0.25, 0.3) is 0 Å². The van der Waals surface area contributed by atoms with E-state index in [-0.39, 0.29) is 22.9 Å². The molecule has 3 rings (SSSR count). The molecule has 2 saturated heterocycles. The smallest absolute Gasteiger partial charge is 0.417 e. The molecule has 0 N–H and O–H groups in total. The highest BCUT2D eigenvalue weighted by Crippen LogP contribution is 2.41. The third kappa shape index (κ3) is 6.94. The molecule has 0 bridgehead atoms. The average molecular weight is 515 g/mol. The molecule has 6 heteroatoms. The van der Waals surface area contributed by atoms with Crippen molar-refractivity contribution in [3.63, 3.8) is 0 Å². The molecule has 0 radical (unpaired) electrons. The number of ether oxygens (including phenoxy) is 1. The fourth-order valence-corrected chi connectivity index (χ4v) is 6.10. The van der Waals surface area contributed by atoms with Crippen molar-refractivity contribution in [3.05, 3.63) is 35.9 Å². The van der Waals surface area contributed by atoms with E-state index in [1.807, 2.05) is 44.2 Å². The van der Waals surface area contributed by atoms with Gasteiger partial charge in [-0.2, -0.15) is 5.06 Å². The summed E-state index contributed by atoms with van der Waals surface area (Å²) in [5, 5.41) is 2.06. The SMILES string of the molecule is CC(C)CCC[C@@H](C)[C@H](ON1C(C)(C)CCCC1(C)C)C(=O)N1C(=O)OC(C)(C)[C@@H]1Cc1ccccc1. The lowest BCUT2D eigenvalue weighted by Gasteiger charge is -2.52. The molecule has 6 nitrogen and oxygen atoms in total. The van der Waals surface area contributed by atoms with Crippen LogP contribution in [0, 0.1) is 11.8 Å². The van der Waals surface area contributed by atoms with E-state index in [2.05, 4.69) is 53.5 Å². The predicted molar refractivity (Wildman–Crippen MR) is 148 cm³/mol. The first kappa shape index (κ1) is 29.6.